The molecule has 1 aromatic carbocycles. The summed E-state index contributed by atoms with van der Waals surface area (Å²) in [5.74, 6) is 2.38. The molecule has 6 heteroatoms. The molecule has 0 aromatic heterocycles. The number of guanidine groups is 1. The van der Waals surface area contributed by atoms with E-state index in [2.05, 4.69) is 46.1 Å². The number of nitrogens with one attached hydrogen (secondary N) is 1. The maximum Gasteiger partial charge on any atom is 0.193 e. The highest BCUT2D eigenvalue weighted by molar-refractivity contribution is 14.0. The topological polar surface area (TPSA) is 30.9 Å². The van der Waals surface area contributed by atoms with Crippen molar-refractivity contribution < 1.29 is 0 Å². The minimum Gasteiger partial charge on any atom is -0.353 e. The molecule has 2 aliphatic rings. The average Bonchev–Trinajstić information content (AvgIpc) is 3.25. The lowest BCUT2D eigenvalue weighted by Gasteiger charge is -2.24. The van der Waals surface area contributed by atoms with E-state index in [-0.39, 0.29) is 24.0 Å². The van der Waals surface area contributed by atoms with Crippen molar-refractivity contribution >= 4 is 41.5 Å². The first-order valence-electron chi connectivity index (χ1n) is 9.60. The first-order valence-corrected chi connectivity index (χ1v) is 9.98. The van der Waals surface area contributed by atoms with Crippen LogP contribution in [0.1, 0.15) is 38.2 Å². The van der Waals surface area contributed by atoms with Gasteiger partial charge in [-0.1, -0.05) is 37.6 Å². The molecule has 1 saturated heterocycles. The predicted octanol–water partition coefficient (Wildman–Crippen LogP) is 4.05. The summed E-state index contributed by atoms with van der Waals surface area (Å²) in [6.07, 6.45) is 2.43. The van der Waals surface area contributed by atoms with Crippen molar-refractivity contribution in [3.05, 3.63) is 34.9 Å². The van der Waals surface area contributed by atoms with Crippen LogP contribution in [-0.2, 0) is 0 Å². The lowest BCUT2D eigenvalue weighted by atomic mass is 10.1. The minimum absolute atomic E-state index is 0. The number of hydrogen-bond acceptors (Lipinski definition) is 2. The highest BCUT2D eigenvalue weighted by Gasteiger charge is 2.40. The van der Waals surface area contributed by atoms with Crippen LogP contribution in [0.3, 0.4) is 0 Å². The van der Waals surface area contributed by atoms with E-state index < -0.39 is 0 Å². The number of likely N-dealkylation sites (tertiary alicyclic amines) is 1. The van der Waals surface area contributed by atoms with E-state index in [4.69, 9.17) is 11.6 Å². The van der Waals surface area contributed by atoms with Crippen molar-refractivity contribution in [3.63, 3.8) is 0 Å². The van der Waals surface area contributed by atoms with E-state index in [1.165, 1.54) is 18.5 Å². The van der Waals surface area contributed by atoms with Gasteiger partial charge in [0.05, 0.1) is 0 Å². The van der Waals surface area contributed by atoms with Crippen molar-refractivity contribution in [2.75, 3.05) is 39.8 Å². The molecule has 3 rings (SSSR count). The molecule has 0 spiro atoms. The largest absolute Gasteiger partial charge is 0.353 e. The van der Waals surface area contributed by atoms with Gasteiger partial charge in [-0.25, -0.2) is 0 Å². The third kappa shape index (κ3) is 5.49. The van der Waals surface area contributed by atoms with Gasteiger partial charge in [0.2, 0.25) is 0 Å². The summed E-state index contributed by atoms with van der Waals surface area (Å²) in [6, 6.07) is 8.73. The first-order chi connectivity index (χ1) is 12.1. The van der Waals surface area contributed by atoms with Gasteiger partial charge >= 0.3 is 0 Å². The monoisotopic (exact) mass is 490 g/mol. The van der Waals surface area contributed by atoms with Crippen LogP contribution in [0.2, 0.25) is 5.02 Å². The fourth-order valence-corrected chi connectivity index (χ4v) is 4.14. The maximum absolute atomic E-state index is 6.13. The Labute approximate surface area is 180 Å². The Balaban J connectivity index is 0.00000243. The van der Waals surface area contributed by atoms with Crippen LogP contribution in [-0.4, -0.2) is 61.6 Å². The zero-order chi connectivity index (χ0) is 17.8. The maximum atomic E-state index is 6.13. The van der Waals surface area contributed by atoms with Gasteiger partial charge in [-0.2, -0.15) is 0 Å². The lowest BCUT2D eigenvalue weighted by Crippen LogP contribution is -2.42. The Bertz CT molecular complexity index is 605. The molecule has 1 aliphatic carbocycles. The Morgan fingerprint density at radius 1 is 1.35 bits per heavy atom. The molecule has 2 fully saturated rings. The second-order valence-electron chi connectivity index (χ2n) is 7.28. The molecule has 3 unspecified atom stereocenters. The molecule has 1 aromatic rings. The number of halogens is 2. The van der Waals surface area contributed by atoms with Gasteiger partial charge in [-0.3, -0.25) is 4.99 Å². The summed E-state index contributed by atoms with van der Waals surface area (Å²) >= 11 is 6.13. The van der Waals surface area contributed by atoms with Crippen LogP contribution in [0.15, 0.2) is 29.3 Å². The molecule has 3 atom stereocenters. The fraction of sp³-hybridized carbons (Fsp3) is 0.650. The van der Waals surface area contributed by atoms with E-state index >= 15 is 0 Å². The van der Waals surface area contributed by atoms with Gasteiger partial charge in [-0.05, 0) is 49.5 Å². The molecule has 4 nitrogen and oxygen atoms in total. The summed E-state index contributed by atoms with van der Waals surface area (Å²) in [6.45, 7) is 10.2. The molecule has 26 heavy (non-hydrogen) atoms. The Morgan fingerprint density at radius 2 is 2.12 bits per heavy atom. The summed E-state index contributed by atoms with van der Waals surface area (Å²) in [7, 11) is 1.90. The summed E-state index contributed by atoms with van der Waals surface area (Å²) < 4.78 is 0. The van der Waals surface area contributed by atoms with Crippen molar-refractivity contribution in [1.29, 1.82) is 0 Å². The number of aliphatic imine (C=N–C) groups is 1. The first kappa shape index (κ1) is 21.8. The number of nitrogens with zero attached hydrogens (tertiary/aromatic N) is 3. The van der Waals surface area contributed by atoms with Crippen molar-refractivity contribution in [2.24, 2.45) is 10.9 Å². The zero-order valence-electron chi connectivity index (χ0n) is 16.1. The molecule has 0 amide bonds. The lowest BCUT2D eigenvalue weighted by molar-refractivity contribution is 0.255. The van der Waals surface area contributed by atoms with Crippen molar-refractivity contribution in [1.82, 2.24) is 15.1 Å². The summed E-state index contributed by atoms with van der Waals surface area (Å²) in [5.41, 5.74) is 1.33. The third-order valence-electron chi connectivity index (χ3n) is 5.59. The van der Waals surface area contributed by atoms with E-state index in [9.17, 15) is 0 Å². The van der Waals surface area contributed by atoms with E-state index in [1.54, 1.807) is 0 Å². The number of hydrogen-bond donors (Lipinski definition) is 1. The average molecular weight is 491 g/mol. The second-order valence-corrected chi connectivity index (χ2v) is 7.72. The van der Waals surface area contributed by atoms with Crippen LogP contribution in [0.5, 0.6) is 0 Å². The van der Waals surface area contributed by atoms with E-state index in [0.717, 1.165) is 49.5 Å². The number of rotatable bonds is 6. The quantitative estimate of drug-likeness (QED) is 0.371. The standard InChI is InChI=1S/C20H31ClN4.HI/c1-4-24(5-2)13-15-9-10-25(14-15)20(22-3)23-19-12-18(19)16-7-6-8-17(21)11-16;/h6-8,11,15,18-19H,4-5,9-10,12-14H2,1-3H3,(H,22,23);1H. The number of benzene rings is 1. The molecular formula is C20H32ClIN4. The van der Waals surface area contributed by atoms with Gasteiger partial charge in [0.25, 0.3) is 0 Å². The van der Waals surface area contributed by atoms with Crippen LogP contribution in [0.4, 0.5) is 0 Å². The van der Waals surface area contributed by atoms with Gasteiger partial charge in [-0.15, -0.1) is 24.0 Å². The minimum atomic E-state index is 0. The summed E-state index contributed by atoms with van der Waals surface area (Å²) in [5, 5.41) is 4.50. The third-order valence-corrected chi connectivity index (χ3v) is 5.82. The van der Waals surface area contributed by atoms with Crippen molar-refractivity contribution in [3.8, 4) is 0 Å². The highest BCUT2D eigenvalue weighted by Crippen LogP contribution is 2.41. The highest BCUT2D eigenvalue weighted by atomic mass is 127. The molecule has 1 aliphatic heterocycles. The molecule has 1 heterocycles. The van der Waals surface area contributed by atoms with Gasteiger partial charge in [0.15, 0.2) is 5.96 Å². The zero-order valence-corrected chi connectivity index (χ0v) is 19.2. The van der Waals surface area contributed by atoms with Gasteiger partial charge < -0.3 is 15.1 Å². The molecule has 0 bridgehead atoms. The van der Waals surface area contributed by atoms with E-state index in [0.29, 0.717) is 12.0 Å². The fourth-order valence-electron chi connectivity index (χ4n) is 3.94. The SMILES string of the molecule is CCN(CC)CC1CCN(C(=NC)NC2CC2c2cccc(Cl)c2)C1.I. The van der Waals surface area contributed by atoms with Crippen molar-refractivity contribution in [2.45, 2.75) is 38.6 Å². The van der Waals surface area contributed by atoms with E-state index in [1.807, 2.05) is 19.2 Å². The van der Waals surface area contributed by atoms with Crippen LogP contribution in [0.25, 0.3) is 0 Å². The molecular weight excluding hydrogens is 459 g/mol. The predicted molar refractivity (Wildman–Crippen MR) is 122 cm³/mol. The van der Waals surface area contributed by atoms with Crippen LogP contribution in [0, 0.1) is 5.92 Å². The normalized spacial score (nSPS) is 25.3. The molecule has 1 saturated carbocycles. The Hall–Kier alpha value is -0.530. The van der Waals surface area contributed by atoms with Crippen LogP contribution < -0.4 is 5.32 Å². The van der Waals surface area contributed by atoms with Crippen LogP contribution >= 0.6 is 35.6 Å². The molecule has 1 N–H and O–H groups in total. The molecule has 0 radical (unpaired) electrons. The Morgan fingerprint density at radius 3 is 2.77 bits per heavy atom. The van der Waals surface area contributed by atoms with Gasteiger partial charge in [0, 0.05) is 43.7 Å². The van der Waals surface area contributed by atoms with Gasteiger partial charge in [0.1, 0.15) is 0 Å². The molecule has 146 valence electrons. The Kier molecular flexibility index (Phi) is 8.48. The smallest absolute Gasteiger partial charge is 0.193 e. The second kappa shape index (κ2) is 10.1. The summed E-state index contributed by atoms with van der Waals surface area (Å²) in [4.78, 5) is 9.50.